The summed E-state index contributed by atoms with van der Waals surface area (Å²) >= 11 is 0. The molecule has 1 aliphatic carbocycles. The third-order valence-corrected chi connectivity index (χ3v) is 6.62. The van der Waals surface area contributed by atoms with Gasteiger partial charge in [0.1, 0.15) is 12.3 Å². The van der Waals surface area contributed by atoms with Crippen molar-refractivity contribution in [1.29, 1.82) is 0 Å². The predicted octanol–water partition coefficient (Wildman–Crippen LogP) is 6.43. The van der Waals surface area contributed by atoms with Crippen LogP contribution in [0.25, 0.3) is 0 Å². The van der Waals surface area contributed by atoms with Gasteiger partial charge in [0.2, 0.25) is 5.89 Å². The lowest BCUT2D eigenvalue weighted by molar-refractivity contribution is -0.904. The first kappa shape index (κ1) is 22.6. The van der Waals surface area contributed by atoms with E-state index in [2.05, 4.69) is 44.4 Å². The molecule has 0 aliphatic heterocycles. The molecule has 1 atom stereocenters. The molecule has 1 unspecified atom stereocenters. The van der Waals surface area contributed by atoms with E-state index in [0.717, 1.165) is 48.0 Å². The lowest BCUT2D eigenvalue weighted by Crippen LogP contribution is -2.40. The summed E-state index contributed by atoms with van der Waals surface area (Å²) in [5.41, 5.74) is 1.33. The van der Waals surface area contributed by atoms with Crippen LogP contribution in [0.1, 0.15) is 61.7 Å². The fourth-order valence-electron chi connectivity index (χ4n) is 4.98. The fourth-order valence-corrected chi connectivity index (χ4v) is 4.98. The van der Waals surface area contributed by atoms with E-state index >= 15 is 0 Å². The predicted molar refractivity (Wildman–Crippen MR) is 129 cm³/mol. The highest BCUT2D eigenvalue weighted by Crippen LogP contribution is 2.40. The minimum Gasteiger partial charge on any atom is -0.493 e. The van der Waals surface area contributed by atoms with Gasteiger partial charge in [-0.3, -0.25) is 0 Å². The molecule has 4 heteroatoms. The molecule has 1 aliphatic rings. The van der Waals surface area contributed by atoms with Gasteiger partial charge in [0.15, 0.2) is 5.76 Å². The van der Waals surface area contributed by atoms with Crippen LogP contribution in [0.4, 0.5) is 0 Å². The maximum Gasteiger partial charge on any atom is 0.202 e. The standard InChI is InChI=1S/C28H37N2O2/c1-30(2,19-12-20-31-25-17-10-5-11-18-25)22-26-21-29-28(32-26)27(23-13-6-3-7-14-23)24-15-8-4-9-16-24/h3,5-7,10-11,13-14,17-18,21,24,27H,4,8-9,12,15-16,19-20,22H2,1-2H3/q+1. The summed E-state index contributed by atoms with van der Waals surface area (Å²) in [6, 6.07) is 20.8. The van der Waals surface area contributed by atoms with E-state index in [9.17, 15) is 0 Å². The molecule has 2 aromatic carbocycles. The minimum absolute atomic E-state index is 0.264. The zero-order valence-electron chi connectivity index (χ0n) is 19.6. The second-order valence-electron chi connectivity index (χ2n) is 9.78. The van der Waals surface area contributed by atoms with E-state index in [-0.39, 0.29) is 5.92 Å². The Balaban J connectivity index is 1.37. The lowest BCUT2D eigenvalue weighted by Gasteiger charge is -2.29. The van der Waals surface area contributed by atoms with Crippen LogP contribution in [-0.4, -0.2) is 36.7 Å². The number of para-hydroxylation sites is 1. The smallest absolute Gasteiger partial charge is 0.202 e. The maximum atomic E-state index is 6.41. The topological polar surface area (TPSA) is 35.3 Å². The summed E-state index contributed by atoms with van der Waals surface area (Å²) in [6.45, 7) is 2.59. The fraction of sp³-hybridized carbons (Fsp3) is 0.464. The van der Waals surface area contributed by atoms with E-state index in [4.69, 9.17) is 14.1 Å². The Morgan fingerprint density at radius 3 is 2.38 bits per heavy atom. The van der Waals surface area contributed by atoms with Gasteiger partial charge in [-0.1, -0.05) is 67.8 Å². The van der Waals surface area contributed by atoms with Crippen LogP contribution in [0.5, 0.6) is 5.75 Å². The van der Waals surface area contributed by atoms with Crippen molar-refractivity contribution in [2.75, 3.05) is 27.2 Å². The molecule has 4 rings (SSSR count). The van der Waals surface area contributed by atoms with Gasteiger partial charge < -0.3 is 13.6 Å². The highest BCUT2D eigenvalue weighted by molar-refractivity contribution is 5.26. The molecule has 1 saturated carbocycles. The second-order valence-corrected chi connectivity index (χ2v) is 9.78. The largest absolute Gasteiger partial charge is 0.493 e. The zero-order valence-corrected chi connectivity index (χ0v) is 19.6. The molecule has 32 heavy (non-hydrogen) atoms. The molecule has 1 aromatic heterocycles. The first-order valence-electron chi connectivity index (χ1n) is 12.1. The summed E-state index contributed by atoms with van der Waals surface area (Å²) in [4.78, 5) is 4.79. The molecule has 0 amide bonds. The van der Waals surface area contributed by atoms with Crippen molar-refractivity contribution in [2.24, 2.45) is 5.92 Å². The Morgan fingerprint density at radius 1 is 0.969 bits per heavy atom. The van der Waals surface area contributed by atoms with Crippen LogP contribution in [0.2, 0.25) is 0 Å². The molecular formula is C28H37N2O2+. The Hall–Kier alpha value is -2.59. The first-order chi connectivity index (χ1) is 15.6. The van der Waals surface area contributed by atoms with Crippen LogP contribution in [0.3, 0.4) is 0 Å². The van der Waals surface area contributed by atoms with E-state index in [1.165, 1.54) is 37.7 Å². The number of oxazole rings is 1. The Labute approximate surface area is 192 Å². The van der Waals surface area contributed by atoms with E-state index in [0.29, 0.717) is 5.92 Å². The van der Waals surface area contributed by atoms with Crippen molar-refractivity contribution in [1.82, 2.24) is 4.98 Å². The number of hydrogen-bond acceptors (Lipinski definition) is 3. The molecule has 0 saturated heterocycles. The summed E-state index contributed by atoms with van der Waals surface area (Å²) in [6.07, 6.45) is 9.47. The van der Waals surface area contributed by atoms with Crippen molar-refractivity contribution in [3.63, 3.8) is 0 Å². The first-order valence-corrected chi connectivity index (χ1v) is 12.1. The van der Waals surface area contributed by atoms with Gasteiger partial charge in [-0.15, -0.1) is 0 Å². The number of benzene rings is 2. The third kappa shape index (κ3) is 6.23. The van der Waals surface area contributed by atoms with E-state index < -0.39 is 0 Å². The van der Waals surface area contributed by atoms with Crippen LogP contribution < -0.4 is 4.74 Å². The van der Waals surface area contributed by atoms with Gasteiger partial charge in [0.05, 0.1) is 39.4 Å². The molecular weight excluding hydrogens is 396 g/mol. The molecule has 0 bridgehead atoms. The average molecular weight is 434 g/mol. The Morgan fingerprint density at radius 2 is 1.66 bits per heavy atom. The van der Waals surface area contributed by atoms with Crippen molar-refractivity contribution in [2.45, 2.75) is 51.0 Å². The molecule has 0 N–H and O–H groups in total. The Bertz CT molecular complexity index is 930. The number of rotatable bonds is 10. The molecule has 4 nitrogen and oxygen atoms in total. The van der Waals surface area contributed by atoms with Gasteiger partial charge in [0.25, 0.3) is 0 Å². The van der Waals surface area contributed by atoms with Crippen molar-refractivity contribution >= 4 is 0 Å². The molecule has 0 radical (unpaired) electrons. The number of nitrogens with zero attached hydrogens (tertiary/aromatic N) is 2. The highest BCUT2D eigenvalue weighted by atomic mass is 16.5. The zero-order chi connectivity index (χ0) is 22.2. The summed E-state index contributed by atoms with van der Waals surface area (Å²) in [5, 5.41) is 0. The van der Waals surface area contributed by atoms with Crippen LogP contribution in [0, 0.1) is 5.92 Å². The van der Waals surface area contributed by atoms with Crippen molar-refractivity contribution < 1.29 is 13.6 Å². The van der Waals surface area contributed by atoms with Crippen LogP contribution in [-0.2, 0) is 6.54 Å². The Kier molecular flexibility index (Phi) is 7.64. The number of hydrogen-bond donors (Lipinski definition) is 0. The summed E-state index contributed by atoms with van der Waals surface area (Å²) < 4.78 is 13.1. The monoisotopic (exact) mass is 433 g/mol. The van der Waals surface area contributed by atoms with Crippen LogP contribution in [0.15, 0.2) is 71.3 Å². The number of ether oxygens (including phenoxy) is 1. The molecule has 1 heterocycles. The summed E-state index contributed by atoms with van der Waals surface area (Å²) in [5.74, 6) is 3.69. The third-order valence-electron chi connectivity index (χ3n) is 6.62. The van der Waals surface area contributed by atoms with Gasteiger partial charge in [-0.2, -0.15) is 0 Å². The minimum atomic E-state index is 0.264. The van der Waals surface area contributed by atoms with Gasteiger partial charge in [0, 0.05) is 6.42 Å². The van der Waals surface area contributed by atoms with Crippen LogP contribution >= 0.6 is 0 Å². The normalized spacial score (nSPS) is 16.1. The average Bonchev–Trinajstić information content (AvgIpc) is 3.26. The SMILES string of the molecule is C[N+](C)(CCCOc1ccccc1)Cc1cnc(C(c2ccccc2)C2CCCCC2)o1. The number of quaternary nitrogens is 1. The van der Waals surface area contributed by atoms with Gasteiger partial charge in [-0.25, -0.2) is 4.98 Å². The quantitative estimate of drug-likeness (QED) is 0.273. The number of aromatic nitrogens is 1. The maximum absolute atomic E-state index is 6.41. The second kappa shape index (κ2) is 10.8. The van der Waals surface area contributed by atoms with Gasteiger partial charge in [-0.05, 0) is 36.5 Å². The molecule has 3 aromatic rings. The highest BCUT2D eigenvalue weighted by Gasteiger charge is 2.31. The van der Waals surface area contributed by atoms with Crippen molar-refractivity contribution in [3.05, 3.63) is 84.1 Å². The molecule has 1 fully saturated rings. The molecule has 0 spiro atoms. The van der Waals surface area contributed by atoms with Gasteiger partial charge >= 0.3 is 0 Å². The van der Waals surface area contributed by atoms with Crippen molar-refractivity contribution in [3.8, 4) is 5.75 Å². The summed E-state index contributed by atoms with van der Waals surface area (Å²) in [7, 11) is 4.50. The van der Waals surface area contributed by atoms with E-state index in [1.54, 1.807) is 0 Å². The van der Waals surface area contributed by atoms with E-state index in [1.807, 2.05) is 36.5 Å². The molecule has 170 valence electrons. The lowest BCUT2D eigenvalue weighted by atomic mass is 9.77.